The molecule has 20 heavy (non-hydrogen) atoms. The van der Waals surface area contributed by atoms with Crippen LogP contribution in [0.4, 0.5) is 0 Å². The first kappa shape index (κ1) is 15.4. The van der Waals surface area contributed by atoms with Crippen LogP contribution in [-0.2, 0) is 9.31 Å². The molecule has 1 heterocycles. The van der Waals surface area contributed by atoms with Crippen LogP contribution in [0.25, 0.3) is 0 Å². The van der Waals surface area contributed by atoms with Crippen molar-refractivity contribution in [3.05, 3.63) is 0 Å². The standard InChI is InChI=1S/C16H28BBrO2/c1-12(18)17-19-15(13-8-4-2-5-9-13)16(20-17)14-10-6-3-7-11-14/h12-16H,2-11H2,1H3/t12-,15-,16-/m0/s1. The van der Waals surface area contributed by atoms with Gasteiger partial charge in [-0.15, -0.1) is 0 Å². The van der Waals surface area contributed by atoms with Gasteiger partial charge >= 0.3 is 7.12 Å². The van der Waals surface area contributed by atoms with Crippen LogP contribution in [0, 0.1) is 11.8 Å². The highest BCUT2D eigenvalue weighted by Crippen LogP contribution is 2.41. The maximum Gasteiger partial charge on any atom is 0.471 e. The fraction of sp³-hybridized carbons (Fsp3) is 1.00. The summed E-state index contributed by atoms with van der Waals surface area (Å²) < 4.78 is 13.0. The molecule has 0 radical (unpaired) electrons. The molecule has 0 bridgehead atoms. The molecular formula is C16H28BBrO2. The zero-order valence-corrected chi connectivity index (χ0v) is 14.3. The van der Waals surface area contributed by atoms with E-state index in [-0.39, 0.29) is 7.12 Å². The molecule has 0 amide bonds. The summed E-state index contributed by atoms with van der Waals surface area (Å²) in [7, 11) is -0.0335. The lowest BCUT2D eigenvalue weighted by atomic mass is 9.77. The van der Waals surface area contributed by atoms with Crippen molar-refractivity contribution >= 4 is 23.0 Å². The normalized spacial score (nSPS) is 35.4. The quantitative estimate of drug-likeness (QED) is 0.544. The molecular weight excluding hydrogens is 315 g/mol. The Hall–Kier alpha value is 0.465. The number of hydrogen-bond donors (Lipinski definition) is 0. The lowest BCUT2D eigenvalue weighted by Crippen LogP contribution is -2.38. The third kappa shape index (κ3) is 3.44. The molecule has 3 fully saturated rings. The van der Waals surface area contributed by atoms with Crippen molar-refractivity contribution < 1.29 is 9.31 Å². The Morgan fingerprint density at radius 3 is 1.55 bits per heavy atom. The largest absolute Gasteiger partial charge is 0.471 e. The molecule has 3 rings (SSSR count). The number of rotatable bonds is 3. The smallest absolute Gasteiger partial charge is 0.405 e. The van der Waals surface area contributed by atoms with Gasteiger partial charge in [-0.25, -0.2) is 0 Å². The van der Waals surface area contributed by atoms with Crippen LogP contribution in [0.15, 0.2) is 0 Å². The molecule has 1 aliphatic heterocycles. The first-order chi connectivity index (χ1) is 9.75. The van der Waals surface area contributed by atoms with Gasteiger partial charge in [0.1, 0.15) is 0 Å². The van der Waals surface area contributed by atoms with E-state index in [1.807, 2.05) is 0 Å². The van der Waals surface area contributed by atoms with Crippen LogP contribution in [-0.4, -0.2) is 24.1 Å². The minimum Gasteiger partial charge on any atom is -0.405 e. The summed E-state index contributed by atoms with van der Waals surface area (Å²) in [4.78, 5) is 0. The fourth-order valence-electron chi connectivity index (χ4n) is 4.40. The van der Waals surface area contributed by atoms with E-state index in [9.17, 15) is 0 Å². The Morgan fingerprint density at radius 2 is 1.20 bits per heavy atom. The summed E-state index contributed by atoms with van der Waals surface area (Å²) in [6, 6.07) is 0. The minimum absolute atomic E-state index is 0.0335. The summed E-state index contributed by atoms with van der Waals surface area (Å²) in [6.45, 7) is 2.14. The lowest BCUT2D eigenvalue weighted by Gasteiger charge is -2.35. The predicted octanol–water partition coefficient (Wildman–Crippen LogP) is 4.74. The Morgan fingerprint density at radius 1 is 0.800 bits per heavy atom. The maximum atomic E-state index is 6.36. The molecule has 0 aromatic heterocycles. The highest BCUT2D eigenvalue weighted by atomic mass is 79.9. The van der Waals surface area contributed by atoms with Crippen LogP contribution in [0.5, 0.6) is 0 Å². The van der Waals surface area contributed by atoms with Gasteiger partial charge in [0.2, 0.25) is 0 Å². The second-order valence-corrected chi connectivity index (χ2v) is 8.49. The average molecular weight is 343 g/mol. The summed E-state index contributed by atoms with van der Waals surface area (Å²) in [5, 5.41) is 0. The fourth-order valence-corrected chi connectivity index (χ4v) is 4.65. The zero-order valence-electron chi connectivity index (χ0n) is 12.7. The summed E-state index contributed by atoms with van der Waals surface area (Å²) in [5.41, 5.74) is 0. The maximum absolute atomic E-state index is 6.36. The van der Waals surface area contributed by atoms with Gasteiger partial charge in [-0.1, -0.05) is 61.4 Å². The lowest BCUT2D eigenvalue weighted by molar-refractivity contribution is 0.0324. The van der Waals surface area contributed by atoms with E-state index in [4.69, 9.17) is 9.31 Å². The summed E-state index contributed by atoms with van der Waals surface area (Å²) >= 11 is 3.65. The van der Waals surface area contributed by atoms with Gasteiger partial charge in [-0.05, 0) is 37.5 Å². The van der Waals surface area contributed by atoms with Crippen LogP contribution in [0.1, 0.15) is 71.1 Å². The van der Waals surface area contributed by atoms with Gasteiger partial charge in [0.05, 0.1) is 12.2 Å². The summed E-state index contributed by atoms with van der Waals surface area (Å²) in [6.07, 6.45) is 14.5. The molecule has 0 spiro atoms. The van der Waals surface area contributed by atoms with E-state index in [2.05, 4.69) is 22.9 Å². The molecule has 2 nitrogen and oxygen atoms in total. The second kappa shape index (κ2) is 7.15. The Bertz CT molecular complexity index is 275. The highest BCUT2D eigenvalue weighted by molar-refractivity contribution is 9.10. The molecule has 114 valence electrons. The van der Waals surface area contributed by atoms with Crippen molar-refractivity contribution in [3.8, 4) is 0 Å². The molecule has 3 aliphatic rings. The molecule has 1 saturated heterocycles. The first-order valence-corrected chi connectivity index (χ1v) is 9.62. The summed E-state index contributed by atoms with van der Waals surface area (Å²) in [5.74, 6) is 1.49. The Labute approximate surface area is 132 Å². The molecule has 2 saturated carbocycles. The number of halogens is 1. The first-order valence-electron chi connectivity index (χ1n) is 8.70. The van der Waals surface area contributed by atoms with E-state index in [1.165, 1.54) is 64.2 Å². The third-order valence-corrected chi connectivity index (χ3v) is 5.94. The van der Waals surface area contributed by atoms with Crippen LogP contribution < -0.4 is 0 Å². The predicted molar refractivity (Wildman–Crippen MR) is 87.0 cm³/mol. The van der Waals surface area contributed by atoms with Crippen LogP contribution >= 0.6 is 15.9 Å². The zero-order chi connectivity index (χ0) is 13.9. The van der Waals surface area contributed by atoms with E-state index in [1.54, 1.807) is 0 Å². The second-order valence-electron chi connectivity index (χ2n) is 7.04. The Kier molecular flexibility index (Phi) is 5.49. The van der Waals surface area contributed by atoms with Gasteiger partial charge in [-0.2, -0.15) is 0 Å². The SMILES string of the molecule is C[C@H](Br)B1O[C@@H](C2CCCCC2)[C@H](C2CCCCC2)O1. The number of alkyl halides is 1. The van der Waals surface area contributed by atoms with Gasteiger partial charge < -0.3 is 9.31 Å². The van der Waals surface area contributed by atoms with Crippen LogP contribution in [0.3, 0.4) is 0 Å². The Balaban J connectivity index is 1.69. The molecule has 4 heteroatoms. The molecule has 2 aliphatic carbocycles. The van der Waals surface area contributed by atoms with E-state index < -0.39 is 0 Å². The topological polar surface area (TPSA) is 18.5 Å². The van der Waals surface area contributed by atoms with Gasteiger partial charge in [-0.3, -0.25) is 0 Å². The van der Waals surface area contributed by atoms with Crippen molar-refractivity contribution in [2.24, 2.45) is 11.8 Å². The molecule has 0 aromatic carbocycles. The van der Waals surface area contributed by atoms with E-state index in [0.29, 0.717) is 16.9 Å². The van der Waals surface area contributed by atoms with Crippen molar-refractivity contribution in [2.45, 2.75) is 88.1 Å². The van der Waals surface area contributed by atoms with Crippen molar-refractivity contribution in [3.63, 3.8) is 0 Å². The van der Waals surface area contributed by atoms with E-state index in [0.717, 1.165) is 11.8 Å². The molecule has 0 aromatic rings. The number of hydrogen-bond acceptors (Lipinski definition) is 2. The van der Waals surface area contributed by atoms with E-state index >= 15 is 0 Å². The van der Waals surface area contributed by atoms with Gasteiger partial charge in [0.25, 0.3) is 0 Å². The van der Waals surface area contributed by atoms with Gasteiger partial charge in [0.15, 0.2) is 0 Å². The highest BCUT2D eigenvalue weighted by Gasteiger charge is 2.48. The molecule has 0 N–H and O–H groups in total. The van der Waals surface area contributed by atoms with Crippen LogP contribution in [0.2, 0.25) is 0 Å². The molecule has 0 unspecified atom stereocenters. The van der Waals surface area contributed by atoms with Gasteiger partial charge in [0, 0.05) is 4.73 Å². The van der Waals surface area contributed by atoms with Crippen molar-refractivity contribution in [2.75, 3.05) is 0 Å². The van der Waals surface area contributed by atoms with Crippen molar-refractivity contribution in [1.82, 2.24) is 0 Å². The third-order valence-electron chi connectivity index (χ3n) is 5.51. The average Bonchev–Trinajstić information content (AvgIpc) is 2.94. The minimum atomic E-state index is -0.0335. The van der Waals surface area contributed by atoms with Crippen molar-refractivity contribution in [1.29, 1.82) is 0 Å². The monoisotopic (exact) mass is 342 g/mol. The molecule has 3 atom stereocenters.